The Morgan fingerprint density at radius 3 is 2.54 bits per heavy atom. The monoisotopic (exact) mass is 412 g/mol. The van der Waals surface area contributed by atoms with Crippen LogP contribution in [-0.2, 0) is 20.8 Å². The number of nitrogens with zero attached hydrogens (tertiary/aromatic N) is 2. The lowest BCUT2D eigenvalue weighted by Gasteiger charge is -2.26. The molecule has 0 saturated carbocycles. The van der Waals surface area contributed by atoms with Gasteiger partial charge in [0.25, 0.3) is 0 Å². The van der Waals surface area contributed by atoms with Crippen molar-refractivity contribution in [1.82, 2.24) is 9.47 Å². The molecule has 0 spiro atoms. The fourth-order valence-electron chi connectivity index (χ4n) is 3.83. The van der Waals surface area contributed by atoms with Gasteiger partial charge in [0, 0.05) is 31.0 Å². The van der Waals surface area contributed by atoms with Crippen LogP contribution >= 0.6 is 11.6 Å². The van der Waals surface area contributed by atoms with Crippen molar-refractivity contribution in [2.45, 2.75) is 58.6 Å². The third-order valence-electron chi connectivity index (χ3n) is 5.18. The van der Waals surface area contributed by atoms with E-state index in [-0.39, 0.29) is 24.3 Å². The minimum absolute atomic E-state index is 0.0831. The number of hydrogen-bond donors (Lipinski definition) is 0. The number of carbonyl (C=O) groups excluding carboxylic acids is 3. The molecule has 1 aliphatic rings. The van der Waals surface area contributed by atoms with Gasteiger partial charge in [-0.1, -0.05) is 0 Å². The highest BCUT2D eigenvalue weighted by atomic mass is 35.5. The van der Waals surface area contributed by atoms with Crippen molar-refractivity contribution in [3.63, 3.8) is 0 Å². The summed E-state index contributed by atoms with van der Waals surface area (Å²) < 4.78 is 12.3. The topological polar surface area (TPSA) is 77.8 Å². The Morgan fingerprint density at radius 2 is 2.04 bits per heavy atom. The van der Waals surface area contributed by atoms with E-state index in [0.717, 1.165) is 12.8 Å². The standard InChI is InChI=1S/C20H29ClN2O5/c1-6-23-14(4)17(12(2)18(23)20(26)27-5)16(24)11-22(19(25)13(3)21)10-15-8-7-9-28-15/h13,15H,6-11H2,1-5H3/t13-,15+/m0/s1. The maximum atomic E-state index is 13.1. The van der Waals surface area contributed by atoms with E-state index >= 15 is 0 Å². The summed E-state index contributed by atoms with van der Waals surface area (Å²) in [7, 11) is 1.31. The molecular weight excluding hydrogens is 384 g/mol. The van der Waals surface area contributed by atoms with E-state index < -0.39 is 11.3 Å². The maximum Gasteiger partial charge on any atom is 0.354 e. The summed E-state index contributed by atoms with van der Waals surface area (Å²) in [5, 5.41) is -0.734. The summed E-state index contributed by atoms with van der Waals surface area (Å²) in [6, 6.07) is 0. The number of amides is 1. The van der Waals surface area contributed by atoms with Crippen LogP contribution < -0.4 is 0 Å². The molecule has 1 amide bonds. The molecule has 2 heterocycles. The average molecular weight is 413 g/mol. The van der Waals surface area contributed by atoms with Crippen molar-refractivity contribution in [1.29, 1.82) is 0 Å². The number of carbonyl (C=O) groups is 3. The highest BCUT2D eigenvalue weighted by molar-refractivity contribution is 6.30. The second kappa shape index (κ2) is 9.56. The number of Topliss-reactive ketones (excluding diaryl/α,β-unsaturated/α-hetero) is 1. The molecule has 8 heteroatoms. The molecule has 1 aromatic heterocycles. The molecule has 0 N–H and O–H groups in total. The van der Waals surface area contributed by atoms with E-state index in [2.05, 4.69) is 0 Å². The van der Waals surface area contributed by atoms with Gasteiger partial charge in [-0.05, 0) is 46.1 Å². The normalized spacial score (nSPS) is 17.4. The summed E-state index contributed by atoms with van der Waals surface area (Å²) >= 11 is 6.00. The molecule has 0 radical (unpaired) electrons. The van der Waals surface area contributed by atoms with Crippen LogP contribution in [0.4, 0.5) is 0 Å². The van der Waals surface area contributed by atoms with Crippen LogP contribution in [0.2, 0.25) is 0 Å². The molecule has 2 rings (SSSR count). The largest absolute Gasteiger partial charge is 0.464 e. The quantitative estimate of drug-likeness (QED) is 0.372. The minimum Gasteiger partial charge on any atom is -0.464 e. The molecule has 0 aliphatic carbocycles. The molecule has 1 aromatic rings. The van der Waals surface area contributed by atoms with Gasteiger partial charge in [-0.15, -0.1) is 11.6 Å². The Balaban J connectivity index is 2.33. The summed E-state index contributed by atoms with van der Waals surface area (Å²) in [6.45, 7) is 8.44. The van der Waals surface area contributed by atoms with Gasteiger partial charge < -0.3 is 18.9 Å². The molecule has 0 unspecified atom stereocenters. The van der Waals surface area contributed by atoms with Crippen LogP contribution in [0, 0.1) is 13.8 Å². The number of hydrogen-bond acceptors (Lipinski definition) is 5. The zero-order valence-corrected chi connectivity index (χ0v) is 18.0. The zero-order valence-electron chi connectivity index (χ0n) is 17.2. The first kappa shape index (κ1) is 22.4. The van der Waals surface area contributed by atoms with Gasteiger partial charge in [-0.2, -0.15) is 0 Å². The van der Waals surface area contributed by atoms with Gasteiger partial charge in [0.1, 0.15) is 11.1 Å². The van der Waals surface area contributed by atoms with E-state index in [1.165, 1.54) is 12.0 Å². The van der Waals surface area contributed by atoms with E-state index in [9.17, 15) is 14.4 Å². The van der Waals surface area contributed by atoms with Crippen molar-refractivity contribution in [3.05, 3.63) is 22.5 Å². The lowest BCUT2D eigenvalue weighted by Crippen LogP contribution is -2.43. The smallest absolute Gasteiger partial charge is 0.354 e. The summed E-state index contributed by atoms with van der Waals surface area (Å²) in [5.74, 6) is -1.01. The summed E-state index contributed by atoms with van der Waals surface area (Å²) in [4.78, 5) is 39.4. The third kappa shape index (κ3) is 4.58. The molecule has 28 heavy (non-hydrogen) atoms. The Hall–Kier alpha value is -1.86. The molecule has 156 valence electrons. The first-order valence-electron chi connectivity index (χ1n) is 9.58. The van der Waals surface area contributed by atoms with Gasteiger partial charge in [0.2, 0.25) is 5.91 Å². The van der Waals surface area contributed by atoms with Crippen molar-refractivity contribution >= 4 is 29.3 Å². The Bertz CT molecular complexity index is 750. The van der Waals surface area contributed by atoms with E-state index in [1.807, 2.05) is 6.92 Å². The fourth-order valence-corrected chi connectivity index (χ4v) is 3.97. The van der Waals surface area contributed by atoms with Gasteiger partial charge in [-0.3, -0.25) is 9.59 Å². The van der Waals surface area contributed by atoms with E-state index in [4.69, 9.17) is 21.1 Å². The lowest BCUT2D eigenvalue weighted by atomic mass is 10.0. The SMILES string of the molecule is CCn1c(C)c(C(=O)CN(C[C@H]2CCCO2)C(=O)[C@H](C)Cl)c(C)c1C(=O)OC. The maximum absolute atomic E-state index is 13.1. The Labute approximate surface area is 170 Å². The van der Waals surface area contributed by atoms with Crippen LogP contribution in [0.3, 0.4) is 0 Å². The number of rotatable bonds is 8. The van der Waals surface area contributed by atoms with Gasteiger partial charge in [0.15, 0.2) is 5.78 Å². The van der Waals surface area contributed by atoms with Crippen molar-refractivity contribution in [3.8, 4) is 0 Å². The second-order valence-electron chi connectivity index (χ2n) is 7.06. The number of methoxy groups -OCH3 is 1. The number of aromatic nitrogens is 1. The second-order valence-corrected chi connectivity index (χ2v) is 7.72. The highest BCUT2D eigenvalue weighted by Gasteiger charge is 2.30. The average Bonchev–Trinajstić information content (AvgIpc) is 3.25. The van der Waals surface area contributed by atoms with Gasteiger partial charge in [0.05, 0.1) is 19.8 Å². The Morgan fingerprint density at radius 1 is 1.36 bits per heavy atom. The lowest BCUT2D eigenvalue weighted by molar-refractivity contribution is -0.131. The van der Waals surface area contributed by atoms with E-state index in [0.29, 0.717) is 42.2 Å². The first-order chi connectivity index (χ1) is 13.2. The summed E-state index contributed by atoms with van der Waals surface area (Å²) in [6.07, 6.45) is 1.71. The first-order valence-corrected chi connectivity index (χ1v) is 10.0. The number of alkyl halides is 1. The molecule has 1 fully saturated rings. The molecule has 1 saturated heterocycles. The molecule has 0 bridgehead atoms. The minimum atomic E-state index is -0.734. The van der Waals surface area contributed by atoms with Crippen LogP contribution in [0.25, 0.3) is 0 Å². The zero-order chi connectivity index (χ0) is 21.0. The molecule has 1 aliphatic heterocycles. The van der Waals surface area contributed by atoms with Crippen LogP contribution in [0.15, 0.2) is 0 Å². The number of esters is 1. The van der Waals surface area contributed by atoms with Gasteiger partial charge in [-0.25, -0.2) is 4.79 Å². The Kier molecular flexibility index (Phi) is 7.66. The molecule has 7 nitrogen and oxygen atoms in total. The summed E-state index contributed by atoms with van der Waals surface area (Å²) in [5.41, 5.74) is 2.08. The van der Waals surface area contributed by atoms with Crippen molar-refractivity contribution in [2.24, 2.45) is 0 Å². The number of ether oxygens (including phenoxy) is 2. The van der Waals surface area contributed by atoms with Crippen LogP contribution in [-0.4, -0.2) is 65.4 Å². The molecule has 2 atom stereocenters. The predicted octanol–water partition coefficient (Wildman–Crippen LogP) is 2.73. The number of halogens is 1. The number of ketones is 1. The molecular formula is C20H29ClN2O5. The predicted molar refractivity (Wildman–Crippen MR) is 106 cm³/mol. The van der Waals surface area contributed by atoms with Gasteiger partial charge >= 0.3 is 5.97 Å². The van der Waals surface area contributed by atoms with Crippen molar-refractivity contribution in [2.75, 3.05) is 26.8 Å². The van der Waals surface area contributed by atoms with E-state index in [1.54, 1.807) is 25.3 Å². The fraction of sp³-hybridized carbons (Fsp3) is 0.650. The third-order valence-corrected chi connectivity index (χ3v) is 5.36. The molecule has 0 aromatic carbocycles. The highest BCUT2D eigenvalue weighted by Crippen LogP contribution is 2.24. The van der Waals surface area contributed by atoms with Crippen molar-refractivity contribution < 1.29 is 23.9 Å². The van der Waals surface area contributed by atoms with Crippen LogP contribution in [0.5, 0.6) is 0 Å². The van der Waals surface area contributed by atoms with Crippen LogP contribution in [0.1, 0.15) is 58.8 Å².